The van der Waals surface area contributed by atoms with E-state index in [2.05, 4.69) is 15.5 Å². The molecule has 1 aliphatic heterocycles. The number of hydrogen-bond acceptors (Lipinski definition) is 5. The Hall–Kier alpha value is -3.62. The van der Waals surface area contributed by atoms with Crippen LogP contribution in [0, 0.1) is 18.6 Å². The molecule has 2 heterocycles. The summed E-state index contributed by atoms with van der Waals surface area (Å²) < 4.78 is 33.4. The number of carbonyl (C=O) groups is 2. The molecule has 7 nitrogen and oxygen atoms in total. The number of anilines is 1. The Morgan fingerprint density at radius 2 is 1.90 bits per heavy atom. The summed E-state index contributed by atoms with van der Waals surface area (Å²) in [4.78, 5) is 25.9. The van der Waals surface area contributed by atoms with Gasteiger partial charge in [-0.3, -0.25) is 9.59 Å². The third-order valence-corrected chi connectivity index (χ3v) is 4.57. The summed E-state index contributed by atoms with van der Waals surface area (Å²) in [6, 6.07) is 9.41. The molecule has 1 aromatic heterocycles. The topological polar surface area (TPSA) is 88.3 Å². The second-order valence-electron chi connectivity index (χ2n) is 6.66. The van der Waals surface area contributed by atoms with Crippen LogP contribution >= 0.6 is 0 Å². The maximum Gasteiger partial charge on any atom is 0.251 e. The summed E-state index contributed by atoms with van der Waals surface area (Å²) in [5, 5.41) is 10.4. The van der Waals surface area contributed by atoms with Crippen LogP contribution in [0.15, 0.2) is 46.9 Å². The maximum atomic E-state index is 14.0. The van der Waals surface area contributed by atoms with E-state index in [-0.39, 0.29) is 18.9 Å². The highest BCUT2D eigenvalue weighted by molar-refractivity contribution is 5.99. The van der Waals surface area contributed by atoms with Crippen LogP contribution in [0.1, 0.15) is 22.7 Å². The van der Waals surface area contributed by atoms with Crippen molar-refractivity contribution in [1.29, 1.82) is 0 Å². The molecule has 0 bridgehead atoms. The number of para-hydroxylation sites is 1. The molecule has 0 spiro atoms. The van der Waals surface area contributed by atoms with Crippen molar-refractivity contribution in [3.63, 3.8) is 0 Å². The molecular weight excluding hydrogens is 382 g/mol. The number of halogens is 2. The maximum absolute atomic E-state index is 14.0. The highest BCUT2D eigenvalue weighted by Gasteiger charge is 2.34. The van der Waals surface area contributed by atoms with Gasteiger partial charge in [0.2, 0.25) is 17.7 Å². The monoisotopic (exact) mass is 398 g/mol. The van der Waals surface area contributed by atoms with Gasteiger partial charge in [0.1, 0.15) is 17.3 Å². The van der Waals surface area contributed by atoms with E-state index in [4.69, 9.17) is 4.42 Å². The molecule has 1 aliphatic rings. The van der Waals surface area contributed by atoms with Crippen LogP contribution < -0.4 is 10.2 Å². The van der Waals surface area contributed by atoms with Gasteiger partial charge in [0.05, 0.1) is 6.04 Å². The number of benzene rings is 2. The Bertz CT molecular complexity index is 1080. The first-order chi connectivity index (χ1) is 13.9. The van der Waals surface area contributed by atoms with E-state index in [1.54, 1.807) is 31.2 Å². The highest BCUT2D eigenvalue weighted by atomic mass is 19.1. The third-order valence-electron chi connectivity index (χ3n) is 4.57. The van der Waals surface area contributed by atoms with Gasteiger partial charge in [-0.2, -0.15) is 0 Å². The van der Waals surface area contributed by atoms with Gasteiger partial charge in [0.15, 0.2) is 0 Å². The average Bonchev–Trinajstić information content (AvgIpc) is 3.28. The molecule has 4 rings (SSSR count). The second kappa shape index (κ2) is 7.42. The second-order valence-corrected chi connectivity index (χ2v) is 6.66. The van der Waals surface area contributed by atoms with Crippen LogP contribution in [0.5, 0.6) is 0 Å². The molecule has 9 heteroatoms. The van der Waals surface area contributed by atoms with Crippen LogP contribution in [0.3, 0.4) is 0 Å². The number of carbonyl (C=O) groups excluding carboxylic acids is 2. The van der Waals surface area contributed by atoms with Crippen molar-refractivity contribution >= 4 is 17.5 Å². The van der Waals surface area contributed by atoms with Crippen molar-refractivity contribution in [2.24, 2.45) is 0 Å². The molecular formula is C20H16F2N4O3. The van der Waals surface area contributed by atoms with E-state index in [0.717, 1.165) is 17.0 Å². The first-order valence-electron chi connectivity index (χ1n) is 8.88. The van der Waals surface area contributed by atoms with Crippen LogP contribution in [-0.2, 0) is 4.79 Å². The quantitative estimate of drug-likeness (QED) is 0.730. The van der Waals surface area contributed by atoms with Crippen molar-refractivity contribution in [1.82, 2.24) is 15.5 Å². The van der Waals surface area contributed by atoms with Gasteiger partial charge in [0, 0.05) is 31.0 Å². The molecule has 0 saturated carbocycles. The van der Waals surface area contributed by atoms with E-state index < -0.39 is 35.2 Å². The lowest BCUT2D eigenvalue weighted by atomic mass is 10.1. The van der Waals surface area contributed by atoms with E-state index in [9.17, 15) is 18.4 Å². The summed E-state index contributed by atoms with van der Waals surface area (Å²) in [6.45, 7) is 1.64. The summed E-state index contributed by atoms with van der Waals surface area (Å²) in [6.07, 6.45) is -0.0535. The lowest BCUT2D eigenvalue weighted by Crippen LogP contribution is -2.37. The van der Waals surface area contributed by atoms with Gasteiger partial charge in [-0.05, 0) is 30.3 Å². The molecule has 3 aromatic rings. The van der Waals surface area contributed by atoms with E-state index in [1.807, 2.05) is 0 Å². The Labute approximate surface area is 164 Å². The lowest BCUT2D eigenvalue weighted by Gasteiger charge is -2.18. The van der Waals surface area contributed by atoms with Crippen LogP contribution in [-0.4, -0.2) is 34.6 Å². The molecule has 2 amide bonds. The molecule has 1 fully saturated rings. The predicted octanol–water partition coefficient (Wildman–Crippen LogP) is 2.86. The Morgan fingerprint density at radius 3 is 2.59 bits per heavy atom. The fourth-order valence-corrected chi connectivity index (χ4v) is 3.24. The number of aromatic nitrogens is 2. The molecule has 1 saturated heterocycles. The molecule has 2 aromatic carbocycles. The average molecular weight is 398 g/mol. The van der Waals surface area contributed by atoms with E-state index >= 15 is 0 Å². The van der Waals surface area contributed by atoms with Gasteiger partial charge in [-0.25, -0.2) is 8.78 Å². The summed E-state index contributed by atoms with van der Waals surface area (Å²) in [5.74, 6) is -1.85. The molecule has 1 atom stereocenters. The Morgan fingerprint density at radius 1 is 1.17 bits per heavy atom. The van der Waals surface area contributed by atoms with Crippen molar-refractivity contribution in [3.8, 4) is 11.5 Å². The number of rotatable bonds is 4. The standard InChI is InChI=1S/C20H16F2N4O3/c1-11-24-25-20(29-11)13-5-2-4-12(8-13)19(28)23-14-9-17(27)26(10-14)18-15(21)6-3-7-16(18)22/h2-8,14H,9-10H2,1H3,(H,23,28). The highest BCUT2D eigenvalue weighted by Crippen LogP contribution is 2.28. The fourth-order valence-electron chi connectivity index (χ4n) is 3.24. The van der Waals surface area contributed by atoms with Gasteiger partial charge in [0.25, 0.3) is 5.91 Å². The minimum atomic E-state index is -0.826. The summed E-state index contributed by atoms with van der Waals surface area (Å²) >= 11 is 0. The van der Waals surface area contributed by atoms with Crippen LogP contribution in [0.4, 0.5) is 14.5 Å². The first-order valence-corrected chi connectivity index (χ1v) is 8.88. The number of nitrogens with one attached hydrogen (secondary N) is 1. The molecule has 1 N–H and O–H groups in total. The Kier molecular flexibility index (Phi) is 4.79. The molecule has 0 radical (unpaired) electrons. The number of aryl methyl sites for hydroxylation is 1. The smallest absolute Gasteiger partial charge is 0.251 e. The third kappa shape index (κ3) is 3.71. The Balaban J connectivity index is 1.49. The number of amides is 2. The predicted molar refractivity (Wildman–Crippen MR) is 99.1 cm³/mol. The van der Waals surface area contributed by atoms with Crippen molar-refractivity contribution in [2.45, 2.75) is 19.4 Å². The zero-order valence-corrected chi connectivity index (χ0v) is 15.4. The zero-order valence-electron chi connectivity index (χ0n) is 15.4. The van der Waals surface area contributed by atoms with Crippen LogP contribution in [0.25, 0.3) is 11.5 Å². The van der Waals surface area contributed by atoms with E-state index in [0.29, 0.717) is 17.0 Å². The molecule has 0 aliphatic carbocycles. The van der Waals surface area contributed by atoms with Gasteiger partial charge in [-0.15, -0.1) is 10.2 Å². The molecule has 1 unspecified atom stereocenters. The summed E-state index contributed by atoms with van der Waals surface area (Å²) in [7, 11) is 0. The van der Waals surface area contributed by atoms with Crippen molar-refractivity contribution < 1.29 is 22.8 Å². The molecule has 148 valence electrons. The van der Waals surface area contributed by atoms with Crippen molar-refractivity contribution in [3.05, 3.63) is 65.6 Å². The minimum absolute atomic E-state index is 0.0228. The SMILES string of the molecule is Cc1nnc(-c2cccc(C(=O)NC3CC(=O)N(c4c(F)cccc4F)C3)c2)o1. The first kappa shape index (κ1) is 18.7. The minimum Gasteiger partial charge on any atom is -0.421 e. The normalized spacial score (nSPS) is 16.3. The fraction of sp³-hybridized carbons (Fsp3) is 0.200. The number of nitrogens with zero attached hydrogens (tertiary/aromatic N) is 3. The van der Waals surface area contributed by atoms with Gasteiger partial charge in [-0.1, -0.05) is 12.1 Å². The summed E-state index contributed by atoms with van der Waals surface area (Å²) in [5.41, 5.74) is 0.514. The number of hydrogen-bond donors (Lipinski definition) is 1. The van der Waals surface area contributed by atoms with Crippen LogP contribution in [0.2, 0.25) is 0 Å². The van der Waals surface area contributed by atoms with Gasteiger partial charge >= 0.3 is 0 Å². The van der Waals surface area contributed by atoms with E-state index in [1.165, 1.54) is 6.07 Å². The molecule has 29 heavy (non-hydrogen) atoms. The van der Waals surface area contributed by atoms with Crippen molar-refractivity contribution in [2.75, 3.05) is 11.4 Å². The lowest BCUT2D eigenvalue weighted by molar-refractivity contribution is -0.117. The largest absolute Gasteiger partial charge is 0.421 e. The van der Waals surface area contributed by atoms with Gasteiger partial charge < -0.3 is 14.6 Å². The zero-order chi connectivity index (χ0) is 20.5.